The summed E-state index contributed by atoms with van der Waals surface area (Å²) in [7, 11) is 0. The fraction of sp³-hybridized carbons (Fsp3) is 0.520. The van der Waals surface area contributed by atoms with Gasteiger partial charge in [-0.3, -0.25) is 14.0 Å². The number of pyridine rings is 1. The van der Waals surface area contributed by atoms with Crippen LogP contribution in [0.5, 0.6) is 5.88 Å². The second-order valence-electron chi connectivity index (χ2n) is 10.9. The number of anilines is 1. The van der Waals surface area contributed by atoms with Crippen molar-refractivity contribution < 1.29 is 14.3 Å². The van der Waals surface area contributed by atoms with E-state index in [9.17, 15) is 9.59 Å². The van der Waals surface area contributed by atoms with Gasteiger partial charge in [0.1, 0.15) is 11.3 Å². The van der Waals surface area contributed by atoms with E-state index in [0.29, 0.717) is 12.4 Å². The molecule has 2 aliphatic heterocycles. The van der Waals surface area contributed by atoms with Gasteiger partial charge in [-0.1, -0.05) is 0 Å². The molecule has 2 bridgehead atoms. The van der Waals surface area contributed by atoms with Gasteiger partial charge in [-0.25, -0.2) is 4.98 Å². The standard InChI is InChI=1S/C25H29N5O4/c1-15(2)34-20-16(19(31)26-17-6-5-9-30(21(17)32)23(3)7-8-23)10-29-11-18(27-22(29)28-20)25-12-24(4,13-25)33-14-25/h5-6,9-11,15H,7-8,12-14H2,1-4H3,(H,26,31). The van der Waals surface area contributed by atoms with Crippen molar-refractivity contribution in [3.8, 4) is 5.88 Å². The van der Waals surface area contributed by atoms with Crippen LogP contribution >= 0.6 is 0 Å². The summed E-state index contributed by atoms with van der Waals surface area (Å²) in [4.78, 5) is 35.6. The molecular weight excluding hydrogens is 434 g/mol. The lowest BCUT2D eigenvalue weighted by Crippen LogP contribution is -2.45. The Morgan fingerprint density at radius 2 is 1.97 bits per heavy atom. The van der Waals surface area contributed by atoms with Crippen LogP contribution in [0.15, 0.2) is 35.5 Å². The number of imidazole rings is 1. The maximum Gasteiger partial charge on any atom is 0.274 e. The van der Waals surface area contributed by atoms with E-state index >= 15 is 0 Å². The fourth-order valence-electron chi connectivity index (χ4n) is 5.41. The number of ether oxygens (including phenoxy) is 2. The first kappa shape index (κ1) is 21.3. The zero-order valence-electron chi connectivity index (χ0n) is 19.9. The molecule has 0 unspecified atom stereocenters. The van der Waals surface area contributed by atoms with Gasteiger partial charge in [-0.2, -0.15) is 4.98 Å². The summed E-state index contributed by atoms with van der Waals surface area (Å²) in [5, 5.41) is 2.78. The van der Waals surface area contributed by atoms with Crippen LogP contribution in [0.4, 0.5) is 5.69 Å². The molecule has 0 spiro atoms. The first-order chi connectivity index (χ1) is 16.1. The number of fused-ring (bicyclic) bond motifs is 2. The smallest absolute Gasteiger partial charge is 0.274 e. The zero-order chi connectivity index (χ0) is 23.9. The third kappa shape index (κ3) is 3.25. The molecule has 2 aliphatic carbocycles. The van der Waals surface area contributed by atoms with Crippen LogP contribution in [0.3, 0.4) is 0 Å². The Labute approximate surface area is 197 Å². The van der Waals surface area contributed by atoms with Crippen molar-refractivity contribution in [3.63, 3.8) is 0 Å². The molecule has 7 rings (SSSR count). The van der Waals surface area contributed by atoms with Crippen LogP contribution in [0.1, 0.15) is 69.4 Å². The Balaban J connectivity index is 1.36. The molecule has 2 saturated heterocycles. The maximum atomic E-state index is 13.3. The molecule has 0 aromatic carbocycles. The van der Waals surface area contributed by atoms with Gasteiger partial charge in [0.25, 0.3) is 11.5 Å². The van der Waals surface area contributed by atoms with E-state index in [1.807, 2.05) is 27.0 Å². The van der Waals surface area contributed by atoms with Crippen molar-refractivity contribution in [3.05, 3.63) is 52.3 Å². The normalized spacial score (nSPS) is 26.5. The number of aromatic nitrogens is 4. The number of nitrogens with one attached hydrogen (secondary N) is 1. The molecule has 9 nitrogen and oxygen atoms in total. The van der Waals surface area contributed by atoms with Crippen molar-refractivity contribution in [2.75, 3.05) is 11.9 Å². The first-order valence-corrected chi connectivity index (χ1v) is 11.8. The Bertz CT molecular complexity index is 1380. The highest BCUT2D eigenvalue weighted by Gasteiger charge is 2.61. The number of amides is 1. The molecule has 1 N–H and O–H groups in total. The lowest BCUT2D eigenvalue weighted by Gasteiger charge is -2.41. The second-order valence-corrected chi connectivity index (χ2v) is 10.9. The van der Waals surface area contributed by atoms with E-state index in [0.717, 1.165) is 31.4 Å². The third-order valence-electron chi connectivity index (χ3n) is 7.42. The minimum Gasteiger partial charge on any atom is -0.474 e. The van der Waals surface area contributed by atoms with Gasteiger partial charge in [-0.15, -0.1) is 0 Å². The van der Waals surface area contributed by atoms with Crippen LogP contribution in [0.25, 0.3) is 5.78 Å². The molecule has 4 fully saturated rings. The number of carbonyl (C=O) groups excluding carboxylic acids is 1. The topological polar surface area (TPSA) is 99.8 Å². The van der Waals surface area contributed by atoms with Gasteiger partial charge in [-0.05, 0) is 65.5 Å². The molecule has 3 aromatic heterocycles. The molecule has 1 amide bonds. The van der Waals surface area contributed by atoms with E-state index in [4.69, 9.17) is 14.5 Å². The average molecular weight is 464 g/mol. The van der Waals surface area contributed by atoms with Crippen LogP contribution < -0.4 is 15.6 Å². The SMILES string of the molecule is CC(C)Oc1nc2nc(C34COC(C)(C3)C4)cn2cc1C(=O)Nc1cccn(C2(C)CC2)c1=O. The Hall–Kier alpha value is -3.20. The van der Waals surface area contributed by atoms with Crippen molar-refractivity contribution in [1.29, 1.82) is 0 Å². The summed E-state index contributed by atoms with van der Waals surface area (Å²) in [6.45, 7) is 8.57. The molecule has 9 heteroatoms. The van der Waals surface area contributed by atoms with Crippen LogP contribution in [-0.2, 0) is 15.7 Å². The highest BCUT2D eigenvalue weighted by atomic mass is 16.5. The third-order valence-corrected chi connectivity index (χ3v) is 7.42. The quantitative estimate of drug-likeness (QED) is 0.602. The van der Waals surface area contributed by atoms with Gasteiger partial charge < -0.3 is 19.4 Å². The Morgan fingerprint density at radius 1 is 1.21 bits per heavy atom. The number of hydrogen-bond acceptors (Lipinski definition) is 6. The summed E-state index contributed by atoms with van der Waals surface area (Å²) in [5.41, 5.74) is 0.882. The van der Waals surface area contributed by atoms with Crippen molar-refractivity contribution in [2.45, 2.75) is 76.0 Å². The molecular formula is C25H29N5O4. The van der Waals surface area contributed by atoms with E-state index in [1.54, 1.807) is 33.5 Å². The fourth-order valence-corrected chi connectivity index (χ4v) is 5.41. The predicted molar refractivity (Wildman–Crippen MR) is 126 cm³/mol. The molecule has 0 atom stereocenters. The van der Waals surface area contributed by atoms with Crippen LogP contribution in [0.2, 0.25) is 0 Å². The van der Waals surface area contributed by atoms with Gasteiger partial charge in [0, 0.05) is 29.5 Å². The second kappa shape index (κ2) is 6.91. The van der Waals surface area contributed by atoms with E-state index < -0.39 is 5.91 Å². The Kier molecular flexibility index (Phi) is 4.34. The minimum absolute atomic E-state index is 0.0552. The first-order valence-electron chi connectivity index (χ1n) is 11.8. The minimum atomic E-state index is -0.449. The van der Waals surface area contributed by atoms with Gasteiger partial charge in [0.15, 0.2) is 0 Å². The lowest BCUT2D eigenvalue weighted by atomic mass is 9.62. The van der Waals surface area contributed by atoms with Crippen LogP contribution in [0, 0.1) is 0 Å². The molecule has 34 heavy (non-hydrogen) atoms. The average Bonchev–Trinajstić information content (AvgIpc) is 3.08. The van der Waals surface area contributed by atoms with Crippen molar-refractivity contribution >= 4 is 17.4 Å². The summed E-state index contributed by atoms with van der Waals surface area (Å²) in [6.07, 6.45) is 8.97. The summed E-state index contributed by atoms with van der Waals surface area (Å²) in [5.74, 6) is 0.219. The molecule has 5 heterocycles. The summed E-state index contributed by atoms with van der Waals surface area (Å²) in [6, 6.07) is 3.41. The maximum absolute atomic E-state index is 13.3. The van der Waals surface area contributed by atoms with Gasteiger partial charge in [0.05, 0.1) is 24.0 Å². The molecule has 4 aliphatic rings. The molecule has 2 saturated carbocycles. The summed E-state index contributed by atoms with van der Waals surface area (Å²) >= 11 is 0. The van der Waals surface area contributed by atoms with Gasteiger partial charge in [0.2, 0.25) is 11.7 Å². The largest absolute Gasteiger partial charge is 0.474 e. The predicted octanol–water partition coefficient (Wildman–Crippen LogP) is 3.26. The van der Waals surface area contributed by atoms with Crippen LogP contribution in [-0.4, -0.2) is 43.2 Å². The summed E-state index contributed by atoms with van der Waals surface area (Å²) < 4.78 is 15.3. The number of nitrogens with zero attached hydrogens (tertiary/aromatic N) is 4. The zero-order valence-corrected chi connectivity index (χ0v) is 19.9. The van der Waals surface area contributed by atoms with E-state index in [1.165, 1.54) is 0 Å². The Morgan fingerprint density at radius 3 is 2.62 bits per heavy atom. The molecule has 178 valence electrons. The van der Waals surface area contributed by atoms with Gasteiger partial charge >= 0.3 is 0 Å². The van der Waals surface area contributed by atoms with Crippen molar-refractivity contribution in [1.82, 2.24) is 18.9 Å². The highest BCUT2D eigenvalue weighted by Crippen LogP contribution is 2.58. The number of rotatable bonds is 6. The number of hydrogen-bond donors (Lipinski definition) is 1. The molecule has 0 radical (unpaired) electrons. The van der Waals surface area contributed by atoms with E-state index in [-0.39, 0.29) is 45.3 Å². The van der Waals surface area contributed by atoms with E-state index in [2.05, 4.69) is 17.2 Å². The number of carbonyl (C=O) groups is 1. The van der Waals surface area contributed by atoms with Crippen molar-refractivity contribution in [2.24, 2.45) is 0 Å². The molecule has 3 aromatic rings. The highest BCUT2D eigenvalue weighted by molar-refractivity contribution is 6.05. The monoisotopic (exact) mass is 463 g/mol. The lowest BCUT2D eigenvalue weighted by molar-refractivity contribution is 0.0154.